The first-order chi connectivity index (χ1) is 10.3. The van der Waals surface area contributed by atoms with Crippen LogP contribution in [0.4, 0.5) is 5.88 Å². The number of furan rings is 1. The highest BCUT2D eigenvalue weighted by atomic mass is 32.1. The summed E-state index contributed by atoms with van der Waals surface area (Å²) in [6.07, 6.45) is 3.18. The van der Waals surface area contributed by atoms with E-state index in [1.54, 1.807) is 17.2 Å². The quantitative estimate of drug-likeness (QED) is 0.789. The van der Waals surface area contributed by atoms with Crippen molar-refractivity contribution < 1.29 is 9.21 Å². The van der Waals surface area contributed by atoms with E-state index in [0.717, 1.165) is 12.0 Å². The monoisotopic (exact) mass is 303 g/mol. The molecule has 0 spiro atoms. The standard InChI is InChI=1S/C17H21NO2S/c1-2-10-18(16-9-6-11-20-16)17(19)15(13-21)12-14-7-4-3-5-8-14/h3-9,11,15,21H,2,10,12-13H2,1H3. The van der Waals surface area contributed by atoms with E-state index in [0.29, 0.717) is 24.6 Å². The van der Waals surface area contributed by atoms with Crippen molar-refractivity contribution in [3.8, 4) is 0 Å². The first kappa shape index (κ1) is 15.7. The normalized spacial score (nSPS) is 12.1. The molecule has 0 aliphatic heterocycles. The van der Waals surface area contributed by atoms with Gasteiger partial charge in [0.2, 0.25) is 11.8 Å². The summed E-state index contributed by atoms with van der Waals surface area (Å²) in [5.74, 6) is 1.06. The third-order valence-corrected chi connectivity index (χ3v) is 3.82. The van der Waals surface area contributed by atoms with Gasteiger partial charge in [0.25, 0.3) is 0 Å². The number of benzene rings is 1. The van der Waals surface area contributed by atoms with E-state index in [1.165, 1.54) is 0 Å². The first-order valence-corrected chi connectivity index (χ1v) is 7.89. The number of rotatable bonds is 7. The van der Waals surface area contributed by atoms with Crippen LogP contribution in [0.1, 0.15) is 18.9 Å². The average molecular weight is 303 g/mol. The number of carbonyl (C=O) groups excluding carboxylic acids is 1. The Labute approximate surface area is 131 Å². The summed E-state index contributed by atoms with van der Waals surface area (Å²) >= 11 is 4.37. The van der Waals surface area contributed by atoms with Crippen molar-refractivity contribution >= 4 is 24.4 Å². The summed E-state index contributed by atoms with van der Waals surface area (Å²) < 4.78 is 5.39. The molecule has 3 nitrogen and oxygen atoms in total. The lowest BCUT2D eigenvalue weighted by molar-refractivity contribution is -0.121. The smallest absolute Gasteiger partial charge is 0.233 e. The Balaban J connectivity index is 2.13. The topological polar surface area (TPSA) is 33.5 Å². The molecule has 2 rings (SSSR count). The molecule has 1 aromatic heterocycles. The van der Waals surface area contributed by atoms with Crippen molar-refractivity contribution in [3.63, 3.8) is 0 Å². The van der Waals surface area contributed by atoms with Gasteiger partial charge in [0, 0.05) is 18.4 Å². The van der Waals surface area contributed by atoms with Crippen LogP contribution in [0.5, 0.6) is 0 Å². The number of thiol groups is 1. The van der Waals surface area contributed by atoms with Crippen LogP contribution in [0.2, 0.25) is 0 Å². The zero-order valence-electron chi connectivity index (χ0n) is 12.2. The third kappa shape index (κ3) is 4.14. The van der Waals surface area contributed by atoms with Crippen molar-refractivity contribution in [2.24, 2.45) is 5.92 Å². The van der Waals surface area contributed by atoms with E-state index in [1.807, 2.05) is 36.4 Å². The Morgan fingerprint density at radius 1 is 1.24 bits per heavy atom. The number of carbonyl (C=O) groups is 1. The molecule has 0 aliphatic rings. The van der Waals surface area contributed by atoms with E-state index >= 15 is 0 Å². The minimum Gasteiger partial charge on any atom is -0.448 e. The molecule has 0 radical (unpaired) electrons. The summed E-state index contributed by atoms with van der Waals surface area (Å²) in [5.41, 5.74) is 1.15. The summed E-state index contributed by atoms with van der Waals surface area (Å²) in [7, 11) is 0. The zero-order chi connectivity index (χ0) is 15.1. The van der Waals surface area contributed by atoms with E-state index in [2.05, 4.69) is 19.6 Å². The Kier molecular flexibility index (Phi) is 5.93. The molecule has 1 heterocycles. The Hall–Kier alpha value is -1.68. The maximum atomic E-state index is 12.8. The molecule has 0 N–H and O–H groups in total. The molecule has 0 saturated heterocycles. The van der Waals surface area contributed by atoms with Crippen molar-refractivity contribution in [2.45, 2.75) is 19.8 Å². The zero-order valence-corrected chi connectivity index (χ0v) is 13.1. The predicted molar refractivity (Wildman–Crippen MR) is 88.8 cm³/mol. The second-order valence-corrected chi connectivity index (χ2v) is 5.38. The fourth-order valence-corrected chi connectivity index (χ4v) is 2.61. The van der Waals surface area contributed by atoms with Crippen LogP contribution in [-0.4, -0.2) is 18.2 Å². The van der Waals surface area contributed by atoms with Crippen LogP contribution in [0.3, 0.4) is 0 Å². The van der Waals surface area contributed by atoms with E-state index in [4.69, 9.17) is 4.42 Å². The minimum absolute atomic E-state index is 0.0747. The van der Waals surface area contributed by atoms with E-state index in [-0.39, 0.29) is 11.8 Å². The molecule has 0 fully saturated rings. The predicted octanol–water partition coefficient (Wildman–Crippen LogP) is 3.81. The number of amides is 1. The van der Waals surface area contributed by atoms with Crippen LogP contribution >= 0.6 is 12.6 Å². The van der Waals surface area contributed by atoms with Crippen molar-refractivity contribution in [1.82, 2.24) is 0 Å². The van der Waals surface area contributed by atoms with Crippen LogP contribution in [-0.2, 0) is 11.2 Å². The van der Waals surface area contributed by atoms with Gasteiger partial charge in [-0.05, 0) is 24.5 Å². The fourth-order valence-electron chi connectivity index (χ4n) is 2.33. The highest BCUT2D eigenvalue weighted by Crippen LogP contribution is 2.20. The average Bonchev–Trinajstić information content (AvgIpc) is 3.04. The number of anilines is 1. The van der Waals surface area contributed by atoms with Gasteiger partial charge in [-0.25, -0.2) is 0 Å². The summed E-state index contributed by atoms with van der Waals surface area (Å²) in [4.78, 5) is 14.5. The van der Waals surface area contributed by atoms with Gasteiger partial charge in [0.1, 0.15) is 0 Å². The van der Waals surface area contributed by atoms with Gasteiger partial charge < -0.3 is 4.42 Å². The second-order valence-electron chi connectivity index (χ2n) is 5.01. The van der Waals surface area contributed by atoms with Gasteiger partial charge in [0.05, 0.1) is 12.2 Å². The number of nitrogens with zero attached hydrogens (tertiary/aromatic N) is 1. The van der Waals surface area contributed by atoms with E-state index in [9.17, 15) is 4.79 Å². The van der Waals surface area contributed by atoms with E-state index < -0.39 is 0 Å². The first-order valence-electron chi connectivity index (χ1n) is 7.26. The number of hydrogen-bond donors (Lipinski definition) is 1. The molecule has 0 saturated carbocycles. The van der Waals surface area contributed by atoms with Gasteiger partial charge in [-0.2, -0.15) is 12.6 Å². The van der Waals surface area contributed by atoms with Crippen LogP contribution < -0.4 is 4.90 Å². The molecular formula is C17H21NO2S. The molecular weight excluding hydrogens is 282 g/mol. The van der Waals surface area contributed by atoms with Crippen LogP contribution in [0.25, 0.3) is 0 Å². The summed E-state index contributed by atoms with van der Waals surface area (Å²) in [5, 5.41) is 0. The maximum Gasteiger partial charge on any atom is 0.233 e. The molecule has 1 unspecified atom stereocenters. The molecule has 0 bridgehead atoms. The lowest BCUT2D eigenvalue weighted by atomic mass is 9.99. The highest BCUT2D eigenvalue weighted by Gasteiger charge is 2.25. The molecule has 0 aliphatic carbocycles. The Morgan fingerprint density at radius 2 is 2.00 bits per heavy atom. The molecule has 1 amide bonds. The Bertz CT molecular complexity index is 539. The largest absolute Gasteiger partial charge is 0.448 e. The second kappa shape index (κ2) is 7.93. The Morgan fingerprint density at radius 3 is 2.57 bits per heavy atom. The summed E-state index contributed by atoms with van der Waals surface area (Å²) in [6.45, 7) is 2.71. The number of hydrogen-bond acceptors (Lipinski definition) is 3. The lowest BCUT2D eigenvalue weighted by Crippen LogP contribution is -2.38. The fraction of sp³-hybridized carbons (Fsp3) is 0.353. The van der Waals surface area contributed by atoms with Gasteiger partial charge in [-0.15, -0.1) is 0 Å². The van der Waals surface area contributed by atoms with Crippen molar-refractivity contribution in [3.05, 3.63) is 54.3 Å². The minimum atomic E-state index is -0.146. The lowest BCUT2D eigenvalue weighted by Gasteiger charge is -2.24. The summed E-state index contributed by atoms with van der Waals surface area (Å²) in [6, 6.07) is 13.7. The SMILES string of the molecule is CCCN(C(=O)C(CS)Cc1ccccc1)c1ccco1. The molecule has 112 valence electrons. The molecule has 4 heteroatoms. The van der Waals surface area contributed by atoms with Crippen LogP contribution in [0.15, 0.2) is 53.1 Å². The van der Waals surface area contributed by atoms with Crippen molar-refractivity contribution in [1.29, 1.82) is 0 Å². The third-order valence-electron chi connectivity index (χ3n) is 3.38. The highest BCUT2D eigenvalue weighted by molar-refractivity contribution is 7.80. The van der Waals surface area contributed by atoms with Crippen molar-refractivity contribution in [2.75, 3.05) is 17.2 Å². The molecule has 1 atom stereocenters. The molecule has 21 heavy (non-hydrogen) atoms. The van der Waals surface area contributed by atoms with Gasteiger partial charge in [-0.1, -0.05) is 37.3 Å². The van der Waals surface area contributed by atoms with Crippen LogP contribution in [0, 0.1) is 5.92 Å². The van der Waals surface area contributed by atoms with Gasteiger partial charge in [-0.3, -0.25) is 9.69 Å². The maximum absolute atomic E-state index is 12.8. The molecule has 2 aromatic rings. The van der Waals surface area contributed by atoms with Gasteiger partial charge in [0.15, 0.2) is 0 Å². The van der Waals surface area contributed by atoms with Gasteiger partial charge >= 0.3 is 0 Å². The molecule has 1 aromatic carbocycles.